The summed E-state index contributed by atoms with van der Waals surface area (Å²) in [4.78, 5) is 49.4. The summed E-state index contributed by atoms with van der Waals surface area (Å²) < 4.78 is 0. The van der Waals surface area contributed by atoms with Crippen LogP contribution in [0.5, 0.6) is 0 Å². The molecule has 3 rings (SSSR count). The van der Waals surface area contributed by atoms with Gasteiger partial charge in [0, 0.05) is 26.1 Å². The van der Waals surface area contributed by atoms with Gasteiger partial charge >= 0.3 is 0 Å². The summed E-state index contributed by atoms with van der Waals surface area (Å²) >= 11 is 0. The molecule has 2 aromatic rings. The molecule has 0 bridgehead atoms. The lowest BCUT2D eigenvalue weighted by Gasteiger charge is -2.13. The summed E-state index contributed by atoms with van der Waals surface area (Å²) in [5, 5.41) is 5.48. The Morgan fingerprint density at radius 2 is 1.31 bits per heavy atom. The van der Waals surface area contributed by atoms with Gasteiger partial charge < -0.3 is 10.6 Å². The van der Waals surface area contributed by atoms with E-state index in [-0.39, 0.29) is 36.6 Å². The zero-order valence-corrected chi connectivity index (χ0v) is 16.0. The van der Waals surface area contributed by atoms with Crippen LogP contribution in [0, 0.1) is 0 Å². The first-order valence-electron chi connectivity index (χ1n) is 9.59. The second-order valence-electron chi connectivity index (χ2n) is 6.77. The van der Waals surface area contributed by atoms with E-state index >= 15 is 0 Å². The van der Waals surface area contributed by atoms with Crippen LogP contribution in [0.15, 0.2) is 54.6 Å². The third kappa shape index (κ3) is 5.28. The molecule has 0 fully saturated rings. The van der Waals surface area contributed by atoms with Gasteiger partial charge in [-0.3, -0.25) is 24.1 Å². The molecule has 0 spiro atoms. The fraction of sp³-hybridized carbons (Fsp3) is 0.273. The van der Waals surface area contributed by atoms with Gasteiger partial charge in [0.25, 0.3) is 11.8 Å². The van der Waals surface area contributed by atoms with E-state index in [9.17, 15) is 19.2 Å². The molecule has 2 aromatic carbocycles. The molecule has 0 aromatic heterocycles. The first-order chi connectivity index (χ1) is 14.1. The first kappa shape index (κ1) is 20.3. The Bertz CT molecular complexity index is 876. The third-order valence-corrected chi connectivity index (χ3v) is 4.64. The largest absolute Gasteiger partial charge is 0.354 e. The van der Waals surface area contributed by atoms with Gasteiger partial charge in [-0.2, -0.15) is 0 Å². The van der Waals surface area contributed by atoms with E-state index in [0.29, 0.717) is 37.1 Å². The maximum atomic E-state index is 12.3. The third-order valence-electron chi connectivity index (χ3n) is 4.64. The number of amides is 4. The molecule has 150 valence electrons. The molecule has 0 radical (unpaired) electrons. The minimum absolute atomic E-state index is 0.101. The quantitative estimate of drug-likeness (QED) is 0.499. The van der Waals surface area contributed by atoms with E-state index in [4.69, 9.17) is 0 Å². The second kappa shape index (κ2) is 9.64. The molecule has 0 atom stereocenters. The van der Waals surface area contributed by atoms with Crippen LogP contribution in [0.4, 0.5) is 0 Å². The minimum atomic E-state index is -0.313. The van der Waals surface area contributed by atoms with Crippen molar-refractivity contribution in [3.8, 4) is 0 Å². The number of nitrogens with one attached hydrogen (secondary N) is 2. The van der Waals surface area contributed by atoms with Gasteiger partial charge in [-0.1, -0.05) is 42.5 Å². The van der Waals surface area contributed by atoms with Gasteiger partial charge in [-0.15, -0.1) is 0 Å². The Hall–Kier alpha value is -3.48. The van der Waals surface area contributed by atoms with Crippen molar-refractivity contribution in [3.63, 3.8) is 0 Å². The SMILES string of the molecule is O=C(CCCN1C(=O)c2ccccc2C1=O)NCCNC(=O)Cc1ccccc1. The average molecular weight is 393 g/mol. The standard InChI is InChI=1S/C22H23N3O4/c26-19(23-12-13-24-20(27)15-16-7-2-1-3-8-16)11-6-14-25-21(28)17-9-4-5-10-18(17)22(25)29/h1-5,7-10H,6,11-15H2,(H,23,26)(H,24,27). The Morgan fingerprint density at radius 3 is 1.93 bits per heavy atom. The van der Waals surface area contributed by atoms with Crippen LogP contribution in [0.3, 0.4) is 0 Å². The molecule has 2 N–H and O–H groups in total. The second-order valence-corrected chi connectivity index (χ2v) is 6.77. The number of benzene rings is 2. The van der Waals surface area contributed by atoms with Crippen molar-refractivity contribution >= 4 is 23.6 Å². The van der Waals surface area contributed by atoms with Crippen molar-refractivity contribution in [2.45, 2.75) is 19.3 Å². The molecule has 1 heterocycles. The maximum Gasteiger partial charge on any atom is 0.261 e. The number of imide groups is 1. The highest BCUT2D eigenvalue weighted by atomic mass is 16.2. The smallest absolute Gasteiger partial charge is 0.261 e. The lowest BCUT2D eigenvalue weighted by molar-refractivity contribution is -0.122. The monoisotopic (exact) mass is 393 g/mol. The fourth-order valence-corrected chi connectivity index (χ4v) is 3.18. The summed E-state index contributed by atoms with van der Waals surface area (Å²) in [7, 11) is 0. The fourth-order valence-electron chi connectivity index (χ4n) is 3.18. The predicted molar refractivity (Wildman–Crippen MR) is 107 cm³/mol. The van der Waals surface area contributed by atoms with Crippen molar-refractivity contribution in [2.24, 2.45) is 0 Å². The molecule has 0 unspecified atom stereocenters. The zero-order chi connectivity index (χ0) is 20.6. The summed E-state index contributed by atoms with van der Waals surface area (Å²) in [6.45, 7) is 0.871. The van der Waals surface area contributed by atoms with E-state index in [1.807, 2.05) is 30.3 Å². The van der Waals surface area contributed by atoms with Crippen molar-refractivity contribution in [2.75, 3.05) is 19.6 Å². The maximum absolute atomic E-state index is 12.3. The van der Waals surface area contributed by atoms with E-state index < -0.39 is 0 Å². The summed E-state index contributed by atoms with van der Waals surface area (Å²) in [6, 6.07) is 16.1. The molecule has 29 heavy (non-hydrogen) atoms. The van der Waals surface area contributed by atoms with Crippen LogP contribution in [0.25, 0.3) is 0 Å². The van der Waals surface area contributed by atoms with E-state index in [1.165, 1.54) is 4.90 Å². The summed E-state index contributed by atoms with van der Waals surface area (Å²) in [5.74, 6) is -0.908. The van der Waals surface area contributed by atoms with Crippen LogP contribution >= 0.6 is 0 Å². The number of hydrogen-bond acceptors (Lipinski definition) is 4. The molecule has 7 nitrogen and oxygen atoms in total. The topological polar surface area (TPSA) is 95.6 Å². The highest BCUT2D eigenvalue weighted by Gasteiger charge is 2.34. The van der Waals surface area contributed by atoms with Gasteiger partial charge in [-0.05, 0) is 24.1 Å². The molecular weight excluding hydrogens is 370 g/mol. The number of rotatable bonds is 9. The minimum Gasteiger partial charge on any atom is -0.354 e. The molecule has 0 saturated heterocycles. The van der Waals surface area contributed by atoms with Crippen LogP contribution in [0.1, 0.15) is 39.1 Å². The van der Waals surface area contributed by atoms with Gasteiger partial charge in [-0.25, -0.2) is 0 Å². The van der Waals surface area contributed by atoms with Crippen molar-refractivity contribution in [1.82, 2.24) is 15.5 Å². The van der Waals surface area contributed by atoms with Gasteiger partial charge in [0.1, 0.15) is 0 Å². The molecular formula is C22H23N3O4. The number of carbonyl (C=O) groups excluding carboxylic acids is 4. The Morgan fingerprint density at radius 1 is 0.759 bits per heavy atom. The van der Waals surface area contributed by atoms with E-state index in [1.54, 1.807) is 24.3 Å². The molecule has 0 saturated carbocycles. The first-order valence-corrected chi connectivity index (χ1v) is 9.59. The number of hydrogen-bond donors (Lipinski definition) is 2. The summed E-state index contributed by atoms with van der Waals surface area (Å²) in [5.41, 5.74) is 1.75. The molecule has 1 aliphatic heterocycles. The van der Waals surface area contributed by atoms with E-state index in [0.717, 1.165) is 5.56 Å². The van der Waals surface area contributed by atoms with Gasteiger partial charge in [0.15, 0.2) is 0 Å². The number of carbonyl (C=O) groups is 4. The number of nitrogens with zero attached hydrogens (tertiary/aromatic N) is 1. The number of fused-ring (bicyclic) bond motifs is 1. The van der Waals surface area contributed by atoms with Crippen LogP contribution in [-0.2, 0) is 16.0 Å². The Balaban J connectivity index is 1.30. The highest BCUT2D eigenvalue weighted by Crippen LogP contribution is 2.22. The molecule has 4 amide bonds. The van der Waals surface area contributed by atoms with Gasteiger partial charge in [0.05, 0.1) is 17.5 Å². The van der Waals surface area contributed by atoms with E-state index in [2.05, 4.69) is 10.6 Å². The van der Waals surface area contributed by atoms with Crippen LogP contribution < -0.4 is 10.6 Å². The lowest BCUT2D eigenvalue weighted by Crippen LogP contribution is -2.36. The normalized spacial score (nSPS) is 12.6. The predicted octanol–water partition coefficient (Wildman–Crippen LogP) is 1.54. The lowest BCUT2D eigenvalue weighted by atomic mass is 10.1. The van der Waals surface area contributed by atoms with Crippen LogP contribution in [0.2, 0.25) is 0 Å². The van der Waals surface area contributed by atoms with Crippen molar-refractivity contribution in [1.29, 1.82) is 0 Å². The molecule has 1 aliphatic rings. The Labute approximate surface area is 169 Å². The molecule has 7 heteroatoms. The Kier molecular flexibility index (Phi) is 6.73. The zero-order valence-electron chi connectivity index (χ0n) is 16.0. The molecule has 0 aliphatic carbocycles. The average Bonchev–Trinajstić information content (AvgIpc) is 2.97. The van der Waals surface area contributed by atoms with Crippen molar-refractivity contribution < 1.29 is 19.2 Å². The van der Waals surface area contributed by atoms with Gasteiger partial charge in [0.2, 0.25) is 11.8 Å². The highest BCUT2D eigenvalue weighted by molar-refractivity contribution is 6.21. The van der Waals surface area contributed by atoms with Crippen molar-refractivity contribution in [3.05, 3.63) is 71.3 Å². The van der Waals surface area contributed by atoms with Crippen LogP contribution in [-0.4, -0.2) is 48.2 Å². The summed E-state index contributed by atoms with van der Waals surface area (Å²) in [6.07, 6.45) is 0.887.